The van der Waals surface area contributed by atoms with Crippen LogP contribution in [0.15, 0.2) is 54.6 Å². The van der Waals surface area contributed by atoms with Gasteiger partial charge in [0.2, 0.25) is 0 Å². The molecular formula is C14H15FN+. The van der Waals surface area contributed by atoms with Crippen molar-refractivity contribution in [2.24, 2.45) is 0 Å². The highest BCUT2D eigenvalue weighted by Gasteiger charge is 2.02. The first-order valence-corrected chi connectivity index (χ1v) is 5.45. The summed E-state index contributed by atoms with van der Waals surface area (Å²) in [6.07, 6.45) is 0. The molecule has 2 aromatic carbocycles. The van der Waals surface area contributed by atoms with E-state index in [1.54, 1.807) is 6.07 Å². The summed E-state index contributed by atoms with van der Waals surface area (Å²) in [7, 11) is 0. The van der Waals surface area contributed by atoms with Gasteiger partial charge in [0.25, 0.3) is 0 Å². The van der Waals surface area contributed by atoms with Gasteiger partial charge in [-0.25, -0.2) is 4.39 Å². The van der Waals surface area contributed by atoms with Crippen molar-refractivity contribution in [2.75, 3.05) is 0 Å². The molecule has 0 bridgehead atoms. The van der Waals surface area contributed by atoms with Crippen molar-refractivity contribution >= 4 is 0 Å². The van der Waals surface area contributed by atoms with Gasteiger partial charge >= 0.3 is 0 Å². The number of rotatable bonds is 4. The summed E-state index contributed by atoms with van der Waals surface area (Å²) in [6, 6.07) is 17.1. The van der Waals surface area contributed by atoms with E-state index >= 15 is 0 Å². The lowest BCUT2D eigenvalue weighted by Gasteiger charge is -2.03. The van der Waals surface area contributed by atoms with E-state index < -0.39 is 0 Å². The Labute approximate surface area is 94.9 Å². The molecule has 82 valence electrons. The van der Waals surface area contributed by atoms with Gasteiger partial charge in [-0.15, -0.1) is 0 Å². The summed E-state index contributed by atoms with van der Waals surface area (Å²) in [5.41, 5.74) is 2.03. The van der Waals surface area contributed by atoms with Crippen molar-refractivity contribution in [3.05, 3.63) is 71.5 Å². The summed E-state index contributed by atoms with van der Waals surface area (Å²) < 4.78 is 13.3. The summed E-state index contributed by atoms with van der Waals surface area (Å²) in [5, 5.41) is 2.10. The lowest BCUT2D eigenvalue weighted by Crippen LogP contribution is -2.80. The van der Waals surface area contributed by atoms with Crippen LogP contribution in [-0.2, 0) is 13.1 Å². The van der Waals surface area contributed by atoms with E-state index in [2.05, 4.69) is 17.4 Å². The fourth-order valence-electron chi connectivity index (χ4n) is 1.67. The minimum atomic E-state index is -0.119. The molecule has 0 saturated carbocycles. The number of hydrogen-bond acceptors (Lipinski definition) is 0. The molecule has 0 aliphatic rings. The molecule has 2 heteroatoms. The Morgan fingerprint density at radius 1 is 0.812 bits per heavy atom. The highest BCUT2D eigenvalue weighted by atomic mass is 19.1. The van der Waals surface area contributed by atoms with Gasteiger partial charge < -0.3 is 5.32 Å². The third-order valence-electron chi connectivity index (χ3n) is 2.54. The van der Waals surface area contributed by atoms with E-state index in [4.69, 9.17) is 0 Å². The second-order valence-corrected chi connectivity index (χ2v) is 3.77. The summed E-state index contributed by atoms with van der Waals surface area (Å²) >= 11 is 0. The van der Waals surface area contributed by atoms with Gasteiger partial charge in [0.15, 0.2) is 0 Å². The molecule has 1 nitrogen and oxygen atoms in total. The highest BCUT2D eigenvalue weighted by Crippen LogP contribution is 2.03. The molecular weight excluding hydrogens is 201 g/mol. The molecule has 0 radical (unpaired) electrons. The Hall–Kier alpha value is -1.67. The molecule has 0 spiro atoms. The van der Waals surface area contributed by atoms with Gasteiger partial charge in [-0.05, 0) is 6.07 Å². The molecule has 0 heterocycles. The van der Waals surface area contributed by atoms with Gasteiger partial charge in [0.05, 0.1) is 0 Å². The third-order valence-corrected chi connectivity index (χ3v) is 2.54. The first-order chi connectivity index (χ1) is 7.86. The molecule has 2 N–H and O–H groups in total. The van der Waals surface area contributed by atoms with Crippen LogP contribution in [0.3, 0.4) is 0 Å². The lowest BCUT2D eigenvalue weighted by atomic mass is 10.2. The number of hydrogen-bond donors (Lipinski definition) is 1. The van der Waals surface area contributed by atoms with Gasteiger partial charge in [-0.1, -0.05) is 48.5 Å². The van der Waals surface area contributed by atoms with Crippen molar-refractivity contribution < 1.29 is 9.71 Å². The maximum Gasteiger partial charge on any atom is 0.132 e. The van der Waals surface area contributed by atoms with Crippen molar-refractivity contribution in [3.63, 3.8) is 0 Å². The zero-order valence-corrected chi connectivity index (χ0v) is 9.07. The van der Waals surface area contributed by atoms with Crippen LogP contribution in [0.4, 0.5) is 4.39 Å². The van der Waals surface area contributed by atoms with Crippen LogP contribution < -0.4 is 5.32 Å². The number of benzene rings is 2. The Morgan fingerprint density at radius 2 is 1.50 bits per heavy atom. The standard InChI is InChI=1S/C14H14FN/c15-14-9-5-4-8-13(14)11-16-10-12-6-2-1-3-7-12/h1-9,16H,10-11H2/p+1. The van der Waals surface area contributed by atoms with Crippen molar-refractivity contribution in [2.45, 2.75) is 13.1 Å². The smallest absolute Gasteiger partial charge is 0.132 e. The molecule has 0 atom stereocenters. The van der Waals surface area contributed by atoms with E-state index in [1.165, 1.54) is 11.6 Å². The lowest BCUT2D eigenvalue weighted by molar-refractivity contribution is -0.686. The SMILES string of the molecule is Fc1ccccc1C[NH2+]Cc1ccccc1. The topological polar surface area (TPSA) is 16.6 Å². The number of halogens is 1. The average Bonchev–Trinajstić information content (AvgIpc) is 2.33. The summed E-state index contributed by atoms with van der Waals surface area (Å²) in [6.45, 7) is 1.57. The second-order valence-electron chi connectivity index (χ2n) is 3.77. The van der Waals surface area contributed by atoms with Gasteiger partial charge in [-0.3, -0.25) is 0 Å². The minimum absolute atomic E-state index is 0.119. The predicted molar refractivity (Wildman–Crippen MR) is 62.2 cm³/mol. The monoisotopic (exact) mass is 216 g/mol. The molecule has 2 aromatic rings. The Morgan fingerprint density at radius 3 is 2.25 bits per heavy atom. The fourth-order valence-corrected chi connectivity index (χ4v) is 1.67. The maximum atomic E-state index is 13.3. The normalized spacial score (nSPS) is 10.3. The van der Waals surface area contributed by atoms with Crippen LogP contribution in [0.25, 0.3) is 0 Å². The van der Waals surface area contributed by atoms with E-state index in [9.17, 15) is 4.39 Å². The van der Waals surface area contributed by atoms with Crippen molar-refractivity contribution in [1.29, 1.82) is 0 Å². The Kier molecular flexibility index (Phi) is 3.67. The molecule has 16 heavy (non-hydrogen) atoms. The number of quaternary nitrogens is 1. The van der Waals surface area contributed by atoms with Gasteiger partial charge in [0, 0.05) is 11.1 Å². The molecule has 0 saturated heterocycles. The zero-order valence-electron chi connectivity index (χ0n) is 9.07. The van der Waals surface area contributed by atoms with Crippen LogP contribution in [0, 0.1) is 5.82 Å². The van der Waals surface area contributed by atoms with Gasteiger partial charge in [0.1, 0.15) is 18.9 Å². The maximum absolute atomic E-state index is 13.3. The summed E-state index contributed by atoms with van der Waals surface area (Å²) in [4.78, 5) is 0. The molecule has 0 aliphatic carbocycles. The largest absolute Gasteiger partial charge is 0.339 e. The fraction of sp³-hybridized carbons (Fsp3) is 0.143. The van der Waals surface area contributed by atoms with E-state index in [1.807, 2.05) is 30.3 Å². The second kappa shape index (κ2) is 5.42. The van der Waals surface area contributed by atoms with E-state index in [0.29, 0.717) is 6.54 Å². The van der Waals surface area contributed by atoms with E-state index in [-0.39, 0.29) is 5.82 Å². The third kappa shape index (κ3) is 2.91. The van der Waals surface area contributed by atoms with E-state index in [0.717, 1.165) is 12.1 Å². The average molecular weight is 216 g/mol. The first kappa shape index (κ1) is 10.8. The molecule has 0 aliphatic heterocycles. The van der Waals surface area contributed by atoms with Crippen LogP contribution in [0.2, 0.25) is 0 Å². The predicted octanol–water partition coefficient (Wildman–Crippen LogP) is 2.09. The minimum Gasteiger partial charge on any atom is -0.339 e. The zero-order chi connectivity index (χ0) is 11.2. The molecule has 0 amide bonds. The van der Waals surface area contributed by atoms with Gasteiger partial charge in [-0.2, -0.15) is 0 Å². The Bertz CT molecular complexity index is 439. The molecule has 0 fully saturated rings. The molecule has 0 unspecified atom stereocenters. The molecule has 0 aromatic heterocycles. The van der Waals surface area contributed by atoms with Crippen LogP contribution in [-0.4, -0.2) is 0 Å². The quantitative estimate of drug-likeness (QED) is 0.806. The highest BCUT2D eigenvalue weighted by molar-refractivity contribution is 5.16. The van der Waals surface area contributed by atoms with Crippen molar-refractivity contribution in [3.8, 4) is 0 Å². The van der Waals surface area contributed by atoms with Crippen LogP contribution in [0.1, 0.15) is 11.1 Å². The van der Waals surface area contributed by atoms with Crippen LogP contribution in [0.5, 0.6) is 0 Å². The first-order valence-electron chi connectivity index (χ1n) is 5.45. The Balaban J connectivity index is 1.87. The number of nitrogens with two attached hydrogens (primary N) is 1. The van der Waals surface area contributed by atoms with Crippen molar-refractivity contribution in [1.82, 2.24) is 0 Å². The molecule has 2 rings (SSSR count). The van der Waals surface area contributed by atoms with Crippen LogP contribution >= 0.6 is 0 Å². The summed E-state index contributed by atoms with van der Waals surface area (Å²) in [5.74, 6) is -0.119.